The minimum absolute atomic E-state index is 0.132. The van der Waals surface area contributed by atoms with Crippen LogP contribution in [-0.2, 0) is 0 Å². The lowest BCUT2D eigenvalue weighted by atomic mass is 10.2. The van der Waals surface area contributed by atoms with Gasteiger partial charge in [-0.15, -0.1) is 12.3 Å². The highest BCUT2D eigenvalue weighted by Crippen LogP contribution is 1.98. The maximum absolute atomic E-state index is 11.4. The van der Waals surface area contributed by atoms with Crippen molar-refractivity contribution in [2.45, 2.75) is 13.3 Å². The van der Waals surface area contributed by atoms with Gasteiger partial charge < -0.3 is 5.32 Å². The van der Waals surface area contributed by atoms with Gasteiger partial charge >= 0.3 is 0 Å². The molecule has 0 fully saturated rings. The van der Waals surface area contributed by atoms with Gasteiger partial charge in [0.2, 0.25) is 0 Å². The Morgan fingerprint density at radius 1 is 1.64 bits per heavy atom. The van der Waals surface area contributed by atoms with Gasteiger partial charge in [-0.2, -0.15) is 0 Å². The fraction of sp³-hybridized carbons (Fsp3) is 0.273. The van der Waals surface area contributed by atoms with E-state index in [0.717, 1.165) is 5.69 Å². The molecule has 3 nitrogen and oxygen atoms in total. The van der Waals surface area contributed by atoms with Gasteiger partial charge in [-0.1, -0.05) is 0 Å². The molecule has 1 rings (SSSR count). The quantitative estimate of drug-likeness (QED) is 0.571. The van der Waals surface area contributed by atoms with Gasteiger partial charge in [-0.25, -0.2) is 0 Å². The lowest BCUT2D eigenvalue weighted by Crippen LogP contribution is -2.24. The van der Waals surface area contributed by atoms with Crippen LogP contribution in [0.5, 0.6) is 0 Å². The molecular weight excluding hydrogens is 176 g/mol. The average Bonchev–Trinajstić information content (AvgIpc) is 2.19. The first-order chi connectivity index (χ1) is 6.74. The fourth-order valence-corrected chi connectivity index (χ4v) is 0.952. The summed E-state index contributed by atoms with van der Waals surface area (Å²) >= 11 is 0. The Kier molecular flexibility index (Phi) is 3.69. The van der Waals surface area contributed by atoms with E-state index in [1.165, 1.54) is 0 Å². The largest absolute Gasteiger partial charge is 0.351 e. The molecule has 0 bridgehead atoms. The third kappa shape index (κ3) is 2.91. The summed E-state index contributed by atoms with van der Waals surface area (Å²) in [5.41, 5.74) is 1.46. The molecule has 0 aliphatic rings. The topological polar surface area (TPSA) is 42.0 Å². The van der Waals surface area contributed by atoms with Crippen molar-refractivity contribution < 1.29 is 4.79 Å². The Morgan fingerprint density at radius 2 is 2.43 bits per heavy atom. The predicted octanol–water partition coefficient (Wildman–Crippen LogP) is 1.14. The molecule has 1 heterocycles. The van der Waals surface area contributed by atoms with Gasteiger partial charge in [-0.3, -0.25) is 9.78 Å². The number of amides is 1. The SMILES string of the molecule is C#CCCNC(=O)c1ccc(C)nc1. The molecule has 72 valence electrons. The summed E-state index contributed by atoms with van der Waals surface area (Å²) in [6, 6.07) is 3.55. The third-order valence-corrected chi connectivity index (χ3v) is 1.73. The zero-order valence-corrected chi connectivity index (χ0v) is 8.08. The maximum atomic E-state index is 11.4. The van der Waals surface area contributed by atoms with Crippen LogP contribution in [0, 0.1) is 19.3 Å². The molecular formula is C11H12N2O. The Hall–Kier alpha value is -1.82. The number of rotatable bonds is 3. The molecule has 0 aromatic carbocycles. The summed E-state index contributed by atoms with van der Waals surface area (Å²) in [6.07, 6.45) is 7.16. The van der Waals surface area contributed by atoms with Crippen LogP contribution in [0.25, 0.3) is 0 Å². The lowest BCUT2D eigenvalue weighted by molar-refractivity contribution is 0.0954. The predicted molar refractivity (Wildman–Crippen MR) is 54.8 cm³/mol. The molecule has 0 unspecified atom stereocenters. The monoisotopic (exact) mass is 188 g/mol. The zero-order valence-electron chi connectivity index (χ0n) is 8.08. The van der Waals surface area contributed by atoms with Crippen molar-refractivity contribution in [2.75, 3.05) is 6.54 Å². The summed E-state index contributed by atoms with van der Waals surface area (Å²) in [4.78, 5) is 15.4. The highest BCUT2D eigenvalue weighted by molar-refractivity contribution is 5.93. The molecule has 0 spiro atoms. The molecule has 1 aromatic rings. The highest BCUT2D eigenvalue weighted by Gasteiger charge is 2.03. The Labute approximate surface area is 83.6 Å². The summed E-state index contributed by atoms with van der Waals surface area (Å²) in [5.74, 6) is 2.32. The minimum atomic E-state index is -0.132. The molecule has 3 heteroatoms. The second kappa shape index (κ2) is 5.03. The number of pyridine rings is 1. The highest BCUT2D eigenvalue weighted by atomic mass is 16.1. The van der Waals surface area contributed by atoms with E-state index in [1.807, 2.05) is 6.92 Å². The zero-order chi connectivity index (χ0) is 10.4. The van der Waals surface area contributed by atoms with E-state index in [9.17, 15) is 4.79 Å². The first kappa shape index (κ1) is 10.3. The van der Waals surface area contributed by atoms with Crippen molar-refractivity contribution in [1.29, 1.82) is 0 Å². The second-order valence-corrected chi connectivity index (χ2v) is 2.90. The van der Waals surface area contributed by atoms with E-state index >= 15 is 0 Å². The number of terminal acetylenes is 1. The average molecular weight is 188 g/mol. The molecule has 1 N–H and O–H groups in total. The molecule has 14 heavy (non-hydrogen) atoms. The van der Waals surface area contributed by atoms with E-state index in [1.54, 1.807) is 18.3 Å². The van der Waals surface area contributed by atoms with Crippen molar-refractivity contribution in [1.82, 2.24) is 10.3 Å². The molecule has 0 atom stereocenters. The summed E-state index contributed by atoms with van der Waals surface area (Å²) < 4.78 is 0. The number of nitrogens with zero attached hydrogens (tertiary/aromatic N) is 1. The molecule has 0 aliphatic carbocycles. The van der Waals surface area contributed by atoms with Gasteiger partial charge in [0.15, 0.2) is 0 Å². The van der Waals surface area contributed by atoms with E-state index in [-0.39, 0.29) is 5.91 Å². The van der Waals surface area contributed by atoms with E-state index < -0.39 is 0 Å². The van der Waals surface area contributed by atoms with E-state index in [4.69, 9.17) is 6.42 Å². The van der Waals surface area contributed by atoms with E-state index in [2.05, 4.69) is 16.2 Å². The van der Waals surface area contributed by atoms with Crippen LogP contribution in [0.4, 0.5) is 0 Å². The number of carbonyl (C=O) groups is 1. The molecule has 0 saturated carbocycles. The Morgan fingerprint density at radius 3 is 3.00 bits per heavy atom. The van der Waals surface area contributed by atoms with Crippen LogP contribution in [0.3, 0.4) is 0 Å². The van der Waals surface area contributed by atoms with Crippen LogP contribution >= 0.6 is 0 Å². The van der Waals surface area contributed by atoms with Crippen molar-refractivity contribution in [3.63, 3.8) is 0 Å². The molecule has 0 aliphatic heterocycles. The van der Waals surface area contributed by atoms with Crippen LogP contribution in [0.15, 0.2) is 18.3 Å². The van der Waals surface area contributed by atoms with Crippen molar-refractivity contribution in [3.05, 3.63) is 29.6 Å². The fourth-order valence-electron chi connectivity index (χ4n) is 0.952. The number of carbonyl (C=O) groups excluding carboxylic acids is 1. The maximum Gasteiger partial charge on any atom is 0.252 e. The Balaban J connectivity index is 2.53. The van der Waals surface area contributed by atoms with E-state index in [0.29, 0.717) is 18.5 Å². The smallest absolute Gasteiger partial charge is 0.252 e. The molecule has 0 radical (unpaired) electrons. The Bertz CT molecular complexity index is 349. The molecule has 1 amide bonds. The van der Waals surface area contributed by atoms with Crippen LogP contribution < -0.4 is 5.32 Å². The lowest BCUT2D eigenvalue weighted by Gasteiger charge is -2.02. The van der Waals surface area contributed by atoms with Gasteiger partial charge in [0.1, 0.15) is 0 Å². The number of hydrogen-bond acceptors (Lipinski definition) is 2. The first-order valence-electron chi connectivity index (χ1n) is 4.38. The number of nitrogens with one attached hydrogen (secondary N) is 1. The third-order valence-electron chi connectivity index (χ3n) is 1.73. The summed E-state index contributed by atoms with van der Waals surface area (Å²) in [5, 5.41) is 2.70. The normalized spacial score (nSPS) is 9.14. The van der Waals surface area contributed by atoms with Gasteiger partial charge in [0.25, 0.3) is 5.91 Å². The van der Waals surface area contributed by atoms with Crippen molar-refractivity contribution in [2.24, 2.45) is 0 Å². The summed E-state index contributed by atoms with van der Waals surface area (Å²) in [7, 11) is 0. The first-order valence-corrected chi connectivity index (χ1v) is 4.38. The van der Waals surface area contributed by atoms with Crippen LogP contribution in [0.1, 0.15) is 22.5 Å². The standard InChI is InChI=1S/C11H12N2O/c1-3-4-7-12-11(14)10-6-5-9(2)13-8-10/h1,5-6,8H,4,7H2,2H3,(H,12,14). The number of aryl methyl sites for hydroxylation is 1. The van der Waals surface area contributed by atoms with Crippen LogP contribution in [0.2, 0.25) is 0 Å². The molecule has 1 aromatic heterocycles. The summed E-state index contributed by atoms with van der Waals surface area (Å²) in [6.45, 7) is 2.38. The van der Waals surface area contributed by atoms with Gasteiger partial charge in [0, 0.05) is 24.9 Å². The van der Waals surface area contributed by atoms with Crippen molar-refractivity contribution in [3.8, 4) is 12.3 Å². The second-order valence-electron chi connectivity index (χ2n) is 2.90. The van der Waals surface area contributed by atoms with Crippen molar-refractivity contribution >= 4 is 5.91 Å². The number of aromatic nitrogens is 1. The minimum Gasteiger partial charge on any atom is -0.351 e. The van der Waals surface area contributed by atoms with Gasteiger partial charge in [0.05, 0.1) is 5.56 Å². The molecule has 0 saturated heterocycles. The van der Waals surface area contributed by atoms with Gasteiger partial charge in [-0.05, 0) is 19.1 Å². The van der Waals surface area contributed by atoms with Crippen LogP contribution in [-0.4, -0.2) is 17.4 Å². The number of hydrogen-bond donors (Lipinski definition) is 1.